The molecule has 0 atom stereocenters. The number of hydrogen-bond acceptors (Lipinski definition) is 3. The van der Waals surface area contributed by atoms with E-state index in [0.717, 1.165) is 5.56 Å². The zero-order valence-electron chi connectivity index (χ0n) is 9.52. The molecule has 0 aliphatic carbocycles. The Bertz CT molecular complexity index is 438. The van der Waals surface area contributed by atoms with Crippen molar-refractivity contribution < 1.29 is 13.2 Å². The van der Waals surface area contributed by atoms with Crippen molar-refractivity contribution in [2.24, 2.45) is 5.73 Å². The molecule has 1 rings (SSSR count). The van der Waals surface area contributed by atoms with Crippen molar-refractivity contribution in [3.05, 3.63) is 29.8 Å². The number of primary amides is 1. The largest absolute Gasteiger partial charge is 0.351 e. The van der Waals surface area contributed by atoms with Gasteiger partial charge in [-0.15, -0.1) is 0 Å². The Morgan fingerprint density at radius 1 is 1.19 bits per heavy atom. The summed E-state index contributed by atoms with van der Waals surface area (Å²) in [7, 11) is -3.80. The summed E-state index contributed by atoms with van der Waals surface area (Å²) in [5.74, 6) is 0. The molecule has 5 nitrogen and oxygen atoms in total. The molecule has 1 aromatic rings. The first-order chi connectivity index (χ1) is 7.42. The van der Waals surface area contributed by atoms with Crippen LogP contribution in [0.2, 0.25) is 0 Å². The molecule has 0 fully saturated rings. The molecule has 1 aromatic carbocycles. The minimum Gasteiger partial charge on any atom is -0.351 e. The maximum Gasteiger partial charge on any atom is 0.326 e. The molecule has 0 spiro atoms. The van der Waals surface area contributed by atoms with Crippen molar-refractivity contribution in [3.63, 3.8) is 0 Å². The first kappa shape index (κ1) is 14.4. The fourth-order valence-electron chi connectivity index (χ4n) is 0.909. The smallest absolute Gasteiger partial charge is 0.326 e. The van der Waals surface area contributed by atoms with E-state index < -0.39 is 16.1 Å². The van der Waals surface area contributed by atoms with Crippen LogP contribution in [0.1, 0.15) is 19.4 Å². The van der Waals surface area contributed by atoms with Crippen molar-refractivity contribution in [1.29, 1.82) is 0 Å². The van der Waals surface area contributed by atoms with Crippen molar-refractivity contribution >= 4 is 16.1 Å². The van der Waals surface area contributed by atoms with Crippen LogP contribution in [-0.2, 0) is 10.0 Å². The lowest BCUT2D eigenvalue weighted by molar-refractivity contribution is 0.253. The van der Waals surface area contributed by atoms with Crippen LogP contribution >= 0.6 is 0 Å². The molecule has 0 radical (unpaired) electrons. The number of carbonyl (C=O) groups is 1. The van der Waals surface area contributed by atoms with Crippen LogP contribution in [0.25, 0.3) is 0 Å². The van der Waals surface area contributed by atoms with E-state index in [-0.39, 0.29) is 4.90 Å². The predicted molar refractivity (Wildman–Crippen MR) is 62.4 cm³/mol. The Labute approximate surface area is 95.7 Å². The maximum atomic E-state index is 11.3. The van der Waals surface area contributed by atoms with E-state index in [1.165, 1.54) is 12.1 Å². The van der Waals surface area contributed by atoms with Gasteiger partial charge in [-0.25, -0.2) is 17.9 Å². The van der Waals surface area contributed by atoms with E-state index in [2.05, 4.69) is 0 Å². The molecule has 0 saturated heterocycles. The number of urea groups is 1. The van der Waals surface area contributed by atoms with Crippen molar-refractivity contribution in [3.8, 4) is 0 Å². The van der Waals surface area contributed by atoms with Crippen LogP contribution in [-0.4, -0.2) is 14.4 Å². The molecule has 0 aromatic heterocycles. The molecule has 90 valence electrons. The number of nitrogens with one attached hydrogen (secondary N) is 1. The minimum absolute atomic E-state index is 0.0156. The second-order valence-corrected chi connectivity index (χ2v) is 4.47. The van der Waals surface area contributed by atoms with Crippen molar-refractivity contribution in [2.45, 2.75) is 25.7 Å². The highest BCUT2D eigenvalue weighted by molar-refractivity contribution is 7.90. The number of hydrogen-bond donors (Lipinski definition) is 2. The number of benzene rings is 1. The molecule has 6 heteroatoms. The molecular formula is C10H16N2O3S. The van der Waals surface area contributed by atoms with Gasteiger partial charge in [0.25, 0.3) is 10.0 Å². The summed E-state index contributed by atoms with van der Waals surface area (Å²) < 4.78 is 24.3. The quantitative estimate of drug-likeness (QED) is 0.823. The van der Waals surface area contributed by atoms with Gasteiger partial charge in [0.05, 0.1) is 4.90 Å². The van der Waals surface area contributed by atoms with Gasteiger partial charge >= 0.3 is 6.03 Å². The predicted octanol–water partition coefficient (Wildman–Crippen LogP) is 1.38. The lowest BCUT2D eigenvalue weighted by atomic mass is 10.2. The summed E-state index contributed by atoms with van der Waals surface area (Å²) in [5.41, 5.74) is 5.65. The summed E-state index contributed by atoms with van der Waals surface area (Å²) in [4.78, 5) is 10.4. The summed E-state index contributed by atoms with van der Waals surface area (Å²) in [6.07, 6.45) is 0. The van der Waals surface area contributed by atoms with E-state index in [1.807, 2.05) is 20.8 Å². The number of aryl methyl sites for hydroxylation is 1. The van der Waals surface area contributed by atoms with Gasteiger partial charge in [0.15, 0.2) is 0 Å². The van der Waals surface area contributed by atoms with E-state index in [4.69, 9.17) is 5.73 Å². The van der Waals surface area contributed by atoms with Gasteiger partial charge in [-0.1, -0.05) is 31.5 Å². The van der Waals surface area contributed by atoms with E-state index in [1.54, 1.807) is 16.9 Å². The number of rotatable bonds is 2. The molecule has 0 aliphatic heterocycles. The monoisotopic (exact) mass is 244 g/mol. The Morgan fingerprint density at radius 3 is 2.00 bits per heavy atom. The van der Waals surface area contributed by atoms with Gasteiger partial charge in [-0.05, 0) is 19.1 Å². The summed E-state index contributed by atoms with van der Waals surface area (Å²) in [5, 5.41) is 0. The fraction of sp³-hybridized carbons (Fsp3) is 0.300. The lowest BCUT2D eigenvalue weighted by Gasteiger charge is -2.03. The number of amides is 2. The Balaban J connectivity index is 0.00000106. The molecular weight excluding hydrogens is 228 g/mol. The normalized spacial score (nSPS) is 9.94. The van der Waals surface area contributed by atoms with Crippen LogP contribution in [0.3, 0.4) is 0 Å². The first-order valence-electron chi connectivity index (χ1n) is 4.81. The zero-order valence-corrected chi connectivity index (χ0v) is 10.3. The highest BCUT2D eigenvalue weighted by atomic mass is 32.2. The van der Waals surface area contributed by atoms with E-state index >= 15 is 0 Å². The van der Waals surface area contributed by atoms with Gasteiger partial charge in [0, 0.05) is 0 Å². The average molecular weight is 244 g/mol. The van der Waals surface area contributed by atoms with E-state index in [0.29, 0.717) is 0 Å². The Hall–Kier alpha value is -1.56. The van der Waals surface area contributed by atoms with Gasteiger partial charge < -0.3 is 5.73 Å². The van der Waals surface area contributed by atoms with Gasteiger partial charge in [-0.3, -0.25) is 0 Å². The van der Waals surface area contributed by atoms with Gasteiger partial charge in [-0.2, -0.15) is 0 Å². The van der Waals surface area contributed by atoms with E-state index in [9.17, 15) is 13.2 Å². The van der Waals surface area contributed by atoms with Crippen molar-refractivity contribution in [2.75, 3.05) is 0 Å². The molecule has 0 saturated carbocycles. The molecule has 0 unspecified atom stereocenters. The zero-order chi connectivity index (χ0) is 12.8. The second-order valence-electron chi connectivity index (χ2n) is 2.78. The van der Waals surface area contributed by atoms with Crippen LogP contribution < -0.4 is 10.5 Å². The maximum absolute atomic E-state index is 11.3. The second kappa shape index (κ2) is 6.12. The Morgan fingerprint density at radius 2 is 1.62 bits per heavy atom. The number of nitrogens with two attached hydrogens (primary N) is 1. The standard InChI is InChI=1S/C8H10N2O3S.C2H6/c1-6-2-4-7(5-3-6)14(12,13)10-8(9)11;1-2/h2-5H,1H3,(H3,9,10,11);1-2H3. The van der Waals surface area contributed by atoms with Crippen LogP contribution in [0, 0.1) is 6.92 Å². The molecule has 3 N–H and O–H groups in total. The lowest BCUT2D eigenvalue weighted by Crippen LogP contribution is -2.34. The summed E-state index contributed by atoms with van der Waals surface area (Å²) in [6, 6.07) is 4.98. The third-order valence-electron chi connectivity index (χ3n) is 1.57. The SMILES string of the molecule is CC.Cc1ccc(S(=O)(=O)NC(N)=O)cc1. The van der Waals surface area contributed by atoms with Crippen LogP contribution in [0.5, 0.6) is 0 Å². The third kappa shape index (κ3) is 4.31. The molecule has 0 aliphatic rings. The number of sulfonamides is 1. The van der Waals surface area contributed by atoms with Crippen molar-refractivity contribution in [1.82, 2.24) is 4.72 Å². The topological polar surface area (TPSA) is 89.3 Å². The summed E-state index contributed by atoms with van der Waals surface area (Å²) >= 11 is 0. The third-order valence-corrected chi connectivity index (χ3v) is 2.93. The van der Waals surface area contributed by atoms with Crippen LogP contribution in [0.4, 0.5) is 4.79 Å². The Kier molecular flexibility index (Phi) is 5.52. The minimum atomic E-state index is -3.80. The fourth-order valence-corrected chi connectivity index (χ4v) is 1.79. The number of carbonyl (C=O) groups excluding carboxylic acids is 1. The highest BCUT2D eigenvalue weighted by Gasteiger charge is 2.14. The first-order valence-corrected chi connectivity index (χ1v) is 6.29. The van der Waals surface area contributed by atoms with Gasteiger partial charge in [0.2, 0.25) is 0 Å². The van der Waals surface area contributed by atoms with Gasteiger partial charge in [0.1, 0.15) is 0 Å². The molecule has 2 amide bonds. The molecule has 16 heavy (non-hydrogen) atoms. The van der Waals surface area contributed by atoms with Crippen LogP contribution in [0.15, 0.2) is 29.2 Å². The molecule has 0 bridgehead atoms. The molecule has 0 heterocycles. The highest BCUT2D eigenvalue weighted by Crippen LogP contribution is 2.09. The summed E-state index contributed by atoms with van der Waals surface area (Å²) in [6.45, 7) is 5.83. The average Bonchev–Trinajstić information content (AvgIpc) is 2.19.